The zero-order valence-corrected chi connectivity index (χ0v) is 24.9. The predicted octanol–water partition coefficient (Wildman–Crippen LogP) is 2.36. The van der Waals surface area contributed by atoms with Crippen LogP contribution in [0.3, 0.4) is 0 Å². The van der Waals surface area contributed by atoms with Crippen molar-refractivity contribution in [3.05, 3.63) is 90.0 Å². The van der Waals surface area contributed by atoms with Gasteiger partial charge < -0.3 is 29.5 Å². The minimum atomic E-state index is -3.67. The van der Waals surface area contributed by atoms with Crippen molar-refractivity contribution in [2.75, 3.05) is 53.2 Å². The second kappa shape index (κ2) is 15.5. The molecule has 12 heteroatoms. The number of nitrogens with zero attached hydrogens (tertiary/aromatic N) is 2. The van der Waals surface area contributed by atoms with Crippen molar-refractivity contribution < 1.29 is 37.3 Å². The lowest BCUT2D eigenvalue weighted by atomic mass is 10.0. The van der Waals surface area contributed by atoms with Crippen molar-refractivity contribution in [1.82, 2.24) is 14.5 Å². The van der Waals surface area contributed by atoms with E-state index in [1.54, 1.807) is 43.5 Å². The zero-order chi connectivity index (χ0) is 30.7. The van der Waals surface area contributed by atoms with Gasteiger partial charge in [0.25, 0.3) is 5.91 Å². The van der Waals surface area contributed by atoms with Gasteiger partial charge in [-0.1, -0.05) is 42.5 Å². The molecule has 1 fully saturated rings. The van der Waals surface area contributed by atoms with Crippen molar-refractivity contribution >= 4 is 21.8 Å². The average molecular weight is 612 g/mol. The Morgan fingerprint density at radius 3 is 2.26 bits per heavy atom. The Kier molecular flexibility index (Phi) is 11.5. The van der Waals surface area contributed by atoms with Crippen molar-refractivity contribution in [3.8, 4) is 11.5 Å². The number of hydrogen-bond acceptors (Lipinski definition) is 8. The standard InChI is InChI=1S/C31H37N3O8S/c1-40-26-10-8-24(9-11-26)22-34(30(25-6-3-2-4-7-25)31(37)32-16-5-19-35)29(36)23-42-27-12-14-28(15-13-27)43(38,39)33-17-20-41-21-18-33/h2-4,6-15,30,35H,5,16-23H2,1H3,(H,32,37)/t30-/m0/s1. The summed E-state index contributed by atoms with van der Waals surface area (Å²) in [5.41, 5.74) is 1.39. The van der Waals surface area contributed by atoms with Crippen LogP contribution in [0.4, 0.5) is 0 Å². The summed E-state index contributed by atoms with van der Waals surface area (Å²) in [5.74, 6) is 0.124. The van der Waals surface area contributed by atoms with E-state index in [-0.39, 0.29) is 50.2 Å². The maximum atomic E-state index is 13.8. The molecule has 0 saturated carbocycles. The third-order valence-corrected chi connectivity index (χ3v) is 8.85. The number of ether oxygens (including phenoxy) is 3. The lowest BCUT2D eigenvalue weighted by Gasteiger charge is -2.31. The van der Waals surface area contributed by atoms with Gasteiger partial charge in [-0.15, -0.1) is 0 Å². The Bertz CT molecular complexity index is 1430. The number of nitrogens with one attached hydrogen (secondary N) is 1. The van der Waals surface area contributed by atoms with E-state index < -0.39 is 22.0 Å². The van der Waals surface area contributed by atoms with Gasteiger partial charge in [0.1, 0.15) is 17.5 Å². The molecule has 1 aliphatic heterocycles. The highest BCUT2D eigenvalue weighted by Crippen LogP contribution is 2.26. The quantitative estimate of drug-likeness (QED) is 0.266. The predicted molar refractivity (Wildman–Crippen MR) is 159 cm³/mol. The second-order valence-electron chi connectivity index (χ2n) is 9.83. The molecular formula is C31H37N3O8S. The summed E-state index contributed by atoms with van der Waals surface area (Å²) in [6.45, 7) is 1.15. The van der Waals surface area contributed by atoms with E-state index in [1.807, 2.05) is 18.2 Å². The topological polar surface area (TPSA) is 135 Å². The number of sulfonamides is 1. The van der Waals surface area contributed by atoms with Crippen LogP contribution >= 0.6 is 0 Å². The fourth-order valence-electron chi connectivity index (χ4n) is 4.62. The van der Waals surface area contributed by atoms with Gasteiger partial charge in [0, 0.05) is 32.8 Å². The summed E-state index contributed by atoms with van der Waals surface area (Å²) in [6, 6.07) is 21.1. The normalized spacial score (nSPS) is 14.5. The number of carbonyl (C=O) groups is 2. The number of aliphatic hydroxyl groups is 1. The van der Waals surface area contributed by atoms with Crippen LogP contribution in [0.5, 0.6) is 11.5 Å². The maximum Gasteiger partial charge on any atom is 0.261 e. The highest BCUT2D eigenvalue weighted by atomic mass is 32.2. The molecule has 4 rings (SSSR count). The van der Waals surface area contributed by atoms with Crippen LogP contribution in [0.15, 0.2) is 83.8 Å². The second-order valence-corrected chi connectivity index (χ2v) is 11.8. The van der Waals surface area contributed by atoms with Crippen molar-refractivity contribution in [2.24, 2.45) is 0 Å². The van der Waals surface area contributed by atoms with Gasteiger partial charge in [-0.05, 0) is 53.9 Å². The molecule has 1 saturated heterocycles. The van der Waals surface area contributed by atoms with Crippen LogP contribution in [0, 0.1) is 0 Å². The summed E-state index contributed by atoms with van der Waals surface area (Å²) >= 11 is 0. The molecule has 0 radical (unpaired) electrons. The Hall–Kier alpha value is -3.97. The molecule has 0 spiro atoms. The van der Waals surface area contributed by atoms with E-state index in [2.05, 4.69) is 5.32 Å². The molecule has 3 aromatic rings. The van der Waals surface area contributed by atoms with Gasteiger partial charge in [-0.3, -0.25) is 9.59 Å². The third-order valence-electron chi connectivity index (χ3n) is 6.94. The number of benzene rings is 3. The zero-order valence-electron chi connectivity index (χ0n) is 24.1. The van der Waals surface area contributed by atoms with Gasteiger partial charge in [-0.2, -0.15) is 4.31 Å². The molecule has 11 nitrogen and oxygen atoms in total. The van der Waals surface area contributed by atoms with Crippen molar-refractivity contribution in [2.45, 2.75) is 23.9 Å². The van der Waals surface area contributed by atoms with Crippen LogP contribution in [0.1, 0.15) is 23.6 Å². The van der Waals surface area contributed by atoms with E-state index in [4.69, 9.17) is 14.2 Å². The summed E-state index contributed by atoms with van der Waals surface area (Å²) < 4.78 is 43.6. The van der Waals surface area contributed by atoms with Gasteiger partial charge >= 0.3 is 0 Å². The van der Waals surface area contributed by atoms with E-state index in [0.29, 0.717) is 36.7 Å². The number of amides is 2. The van der Waals surface area contributed by atoms with Crippen LogP contribution in [-0.4, -0.2) is 87.7 Å². The first-order chi connectivity index (χ1) is 20.8. The average Bonchev–Trinajstić information content (AvgIpc) is 3.05. The Labute approximate surface area is 252 Å². The Balaban J connectivity index is 1.55. The highest BCUT2D eigenvalue weighted by Gasteiger charge is 2.32. The number of rotatable bonds is 14. The molecule has 0 unspecified atom stereocenters. The van der Waals surface area contributed by atoms with Crippen LogP contribution in [0.2, 0.25) is 0 Å². The Morgan fingerprint density at radius 2 is 1.63 bits per heavy atom. The van der Waals surface area contributed by atoms with E-state index >= 15 is 0 Å². The summed E-state index contributed by atoms with van der Waals surface area (Å²) in [5, 5.41) is 12.0. The van der Waals surface area contributed by atoms with E-state index in [1.165, 1.54) is 33.5 Å². The summed E-state index contributed by atoms with van der Waals surface area (Å²) in [7, 11) is -2.11. The lowest BCUT2D eigenvalue weighted by Crippen LogP contribution is -2.45. The molecular weight excluding hydrogens is 574 g/mol. The van der Waals surface area contributed by atoms with E-state index in [0.717, 1.165) is 5.56 Å². The number of morpholine rings is 1. The molecule has 1 heterocycles. The highest BCUT2D eigenvalue weighted by molar-refractivity contribution is 7.89. The molecule has 2 N–H and O–H groups in total. The number of hydrogen-bond donors (Lipinski definition) is 2. The van der Waals surface area contributed by atoms with Gasteiger partial charge in [0.2, 0.25) is 15.9 Å². The molecule has 43 heavy (non-hydrogen) atoms. The van der Waals surface area contributed by atoms with Crippen LogP contribution in [0.25, 0.3) is 0 Å². The number of methoxy groups -OCH3 is 1. The van der Waals surface area contributed by atoms with Crippen LogP contribution < -0.4 is 14.8 Å². The monoisotopic (exact) mass is 611 g/mol. The number of aliphatic hydroxyl groups excluding tert-OH is 1. The van der Waals surface area contributed by atoms with Crippen molar-refractivity contribution in [3.63, 3.8) is 0 Å². The molecule has 0 bridgehead atoms. The summed E-state index contributed by atoms with van der Waals surface area (Å²) in [4.78, 5) is 28.8. The minimum absolute atomic E-state index is 0.0782. The molecule has 0 aliphatic carbocycles. The van der Waals surface area contributed by atoms with Gasteiger partial charge in [0.15, 0.2) is 6.61 Å². The first-order valence-electron chi connectivity index (χ1n) is 14.0. The Morgan fingerprint density at radius 1 is 0.977 bits per heavy atom. The molecule has 230 valence electrons. The lowest BCUT2D eigenvalue weighted by molar-refractivity contribution is -0.143. The molecule has 2 amide bonds. The SMILES string of the molecule is COc1ccc(CN(C(=O)COc2ccc(S(=O)(=O)N3CCOCC3)cc2)[C@H](C(=O)NCCCO)c2ccccc2)cc1. The minimum Gasteiger partial charge on any atom is -0.497 e. The molecule has 0 aromatic heterocycles. The summed E-state index contributed by atoms with van der Waals surface area (Å²) in [6.07, 6.45) is 0.375. The maximum absolute atomic E-state index is 13.8. The van der Waals surface area contributed by atoms with Gasteiger partial charge in [-0.25, -0.2) is 8.42 Å². The first-order valence-corrected chi connectivity index (χ1v) is 15.4. The van der Waals surface area contributed by atoms with E-state index in [9.17, 15) is 23.1 Å². The fourth-order valence-corrected chi connectivity index (χ4v) is 6.03. The fraction of sp³-hybridized carbons (Fsp3) is 0.355. The molecule has 3 aromatic carbocycles. The van der Waals surface area contributed by atoms with Crippen molar-refractivity contribution in [1.29, 1.82) is 0 Å². The number of carbonyl (C=O) groups excluding carboxylic acids is 2. The van der Waals surface area contributed by atoms with Gasteiger partial charge in [0.05, 0.1) is 25.2 Å². The third kappa shape index (κ3) is 8.54. The molecule has 1 atom stereocenters. The smallest absolute Gasteiger partial charge is 0.261 e. The first kappa shape index (κ1) is 32.0. The molecule has 1 aliphatic rings. The largest absolute Gasteiger partial charge is 0.497 e. The van der Waals surface area contributed by atoms with Crippen LogP contribution in [-0.2, 0) is 30.9 Å².